The lowest BCUT2D eigenvalue weighted by Crippen LogP contribution is -2.52. The number of carbonyl (C=O) groups excluding carboxylic acids is 1. The van der Waals surface area contributed by atoms with Crippen molar-refractivity contribution in [2.24, 2.45) is 11.7 Å². The molecule has 0 spiro atoms. The second-order valence-electron chi connectivity index (χ2n) is 11.9. The van der Waals surface area contributed by atoms with E-state index < -0.39 is 46.6 Å². The van der Waals surface area contributed by atoms with Gasteiger partial charge in [-0.2, -0.15) is 0 Å². The van der Waals surface area contributed by atoms with Gasteiger partial charge in [0.05, 0.1) is 24.0 Å². The average molecular weight is 730 g/mol. The van der Waals surface area contributed by atoms with Crippen molar-refractivity contribution in [3.8, 4) is 22.9 Å². The first kappa shape index (κ1) is 39.0. The molecule has 5 rings (SSSR count). The molecule has 3 aromatic carbocycles. The number of amides is 1. The minimum Gasteiger partial charge on any atom is -0.497 e. The quantitative estimate of drug-likeness (QED) is 0.109. The van der Waals surface area contributed by atoms with E-state index in [1.807, 2.05) is 0 Å². The van der Waals surface area contributed by atoms with E-state index in [2.05, 4.69) is 10.3 Å². The molecule has 0 radical (unpaired) electrons. The van der Waals surface area contributed by atoms with Crippen LogP contribution in [0.25, 0.3) is 16.6 Å². The van der Waals surface area contributed by atoms with E-state index in [4.69, 9.17) is 25.4 Å². The molecule has 1 amide bonds. The van der Waals surface area contributed by atoms with Gasteiger partial charge in [-0.1, -0.05) is 25.1 Å². The van der Waals surface area contributed by atoms with Crippen LogP contribution in [0.15, 0.2) is 95.9 Å². The van der Waals surface area contributed by atoms with E-state index >= 15 is 4.39 Å². The molecule has 2 aromatic heterocycles. The van der Waals surface area contributed by atoms with Gasteiger partial charge in [-0.3, -0.25) is 24.0 Å². The van der Waals surface area contributed by atoms with Crippen LogP contribution < -0.4 is 26.1 Å². The third kappa shape index (κ3) is 9.11. The fourth-order valence-electron chi connectivity index (χ4n) is 5.05. The van der Waals surface area contributed by atoms with E-state index in [0.29, 0.717) is 40.2 Å². The summed E-state index contributed by atoms with van der Waals surface area (Å²) in [4.78, 5) is 62.4. The van der Waals surface area contributed by atoms with E-state index in [-0.39, 0.29) is 29.2 Å². The summed E-state index contributed by atoms with van der Waals surface area (Å²) in [6.07, 6.45) is 2.65. The van der Waals surface area contributed by atoms with Crippen molar-refractivity contribution in [1.82, 2.24) is 14.3 Å². The summed E-state index contributed by atoms with van der Waals surface area (Å²) in [5.41, 5.74) is 5.13. The van der Waals surface area contributed by atoms with Crippen molar-refractivity contribution in [1.29, 1.82) is 0 Å². The second kappa shape index (κ2) is 16.5. The summed E-state index contributed by atoms with van der Waals surface area (Å²) in [7, 11) is 1.55. The van der Waals surface area contributed by atoms with Crippen molar-refractivity contribution in [3.63, 3.8) is 0 Å². The molecular formula is C37H36FN5O10. The Morgan fingerprint density at radius 2 is 1.64 bits per heavy atom. The standard InChI is InChI=1S/C33H32FN5O6.C4H4O4/c1-19(33(3,35)32(42)43)18-38-20(2)29(31(41)39(38)22-8-6-5-7-9-22)30(40)37-21-10-13-28(25(34)16-21)45-27-14-15-36-26-17-23(44-4)11-12-24(26)27;5-3(6)1-2-4(7)8/h5-17,19H,18,35H2,1-4H3,(H,37,40)(H,42,43);1-2H,(H,5,6)(H,7,8)/t19-,33-;/m0./s1. The van der Waals surface area contributed by atoms with Gasteiger partial charge < -0.3 is 35.8 Å². The molecule has 2 heterocycles. The number of carbonyl (C=O) groups is 4. The first-order valence-corrected chi connectivity index (χ1v) is 15.8. The zero-order valence-corrected chi connectivity index (χ0v) is 28.9. The SMILES string of the molecule is COc1ccc2c(Oc3ccc(NC(=O)c4c(C)n(C[C@H](C)[C@](C)(N)C(=O)O)n(-c5ccccc5)c4=O)cc3F)ccnc2c1.O=C(O)C=CC(=O)O. The fourth-order valence-corrected chi connectivity index (χ4v) is 5.05. The Hall–Kier alpha value is -6.81. The number of benzene rings is 3. The van der Waals surface area contributed by atoms with Gasteiger partial charge in [-0.25, -0.2) is 18.7 Å². The molecule has 276 valence electrons. The summed E-state index contributed by atoms with van der Waals surface area (Å²) in [5, 5.41) is 28.5. The number of ether oxygens (including phenoxy) is 2. The number of nitrogens with one attached hydrogen (secondary N) is 1. The molecule has 0 aliphatic carbocycles. The lowest BCUT2D eigenvalue weighted by molar-refractivity contribution is -0.144. The van der Waals surface area contributed by atoms with Crippen LogP contribution >= 0.6 is 0 Å². The number of aliphatic carboxylic acids is 3. The first-order valence-electron chi connectivity index (χ1n) is 15.8. The number of rotatable bonds is 12. The van der Waals surface area contributed by atoms with Crippen LogP contribution in [0.3, 0.4) is 0 Å². The third-order valence-corrected chi connectivity index (χ3v) is 8.24. The average Bonchev–Trinajstić information content (AvgIpc) is 3.36. The minimum absolute atomic E-state index is 0.0275. The number of fused-ring (bicyclic) bond motifs is 1. The summed E-state index contributed by atoms with van der Waals surface area (Å²) < 4.78 is 29.2. The number of halogens is 1. The number of carboxylic acid groups (broad SMARTS) is 3. The molecule has 0 saturated carbocycles. The molecule has 0 bridgehead atoms. The Labute approximate surface area is 301 Å². The zero-order chi connectivity index (χ0) is 39.0. The van der Waals surface area contributed by atoms with E-state index in [1.165, 1.54) is 34.6 Å². The predicted octanol–water partition coefficient (Wildman–Crippen LogP) is 4.84. The molecule has 53 heavy (non-hydrogen) atoms. The van der Waals surface area contributed by atoms with Crippen LogP contribution in [0.1, 0.15) is 29.9 Å². The normalized spacial score (nSPS) is 12.6. The lowest BCUT2D eigenvalue weighted by atomic mass is 9.88. The van der Waals surface area contributed by atoms with E-state index in [1.54, 1.807) is 75.6 Å². The van der Waals surface area contributed by atoms with Gasteiger partial charge in [0.25, 0.3) is 11.5 Å². The highest BCUT2D eigenvalue weighted by atomic mass is 19.1. The smallest absolute Gasteiger partial charge is 0.328 e. The van der Waals surface area contributed by atoms with Gasteiger partial charge >= 0.3 is 17.9 Å². The molecule has 0 saturated heterocycles. The van der Waals surface area contributed by atoms with Crippen LogP contribution in [0, 0.1) is 18.7 Å². The van der Waals surface area contributed by atoms with Crippen LogP contribution in [0.4, 0.5) is 10.1 Å². The third-order valence-electron chi connectivity index (χ3n) is 8.24. The van der Waals surface area contributed by atoms with Crippen LogP contribution in [-0.2, 0) is 20.9 Å². The number of aromatic nitrogens is 3. The molecule has 5 aromatic rings. The summed E-state index contributed by atoms with van der Waals surface area (Å²) >= 11 is 0. The summed E-state index contributed by atoms with van der Waals surface area (Å²) in [6.45, 7) is 4.67. The maximum Gasteiger partial charge on any atom is 0.328 e. The molecule has 15 nitrogen and oxygen atoms in total. The number of anilines is 1. The maximum absolute atomic E-state index is 15.2. The first-order chi connectivity index (χ1) is 25.0. The summed E-state index contributed by atoms with van der Waals surface area (Å²) in [5.74, 6) is -4.93. The largest absolute Gasteiger partial charge is 0.497 e. The Morgan fingerprint density at radius 1 is 0.981 bits per heavy atom. The van der Waals surface area contributed by atoms with E-state index in [9.17, 15) is 29.1 Å². The molecule has 0 aliphatic rings. The number of pyridine rings is 1. The highest BCUT2D eigenvalue weighted by Crippen LogP contribution is 2.33. The zero-order valence-electron chi connectivity index (χ0n) is 28.9. The van der Waals surface area contributed by atoms with Crippen molar-refractivity contribution in [2.75, 3.05) is 12.4 Å². The Balaban J connectivity index is 0.000000703. The predicted molar refractivity (Wildman–Crippen MR) is 191 cm³/mol. The Kier molecular flexibility index (Phi) is 12.1. The van der Waals surface area contributed by atoms with Crippen molar-refractivity contribution >= 4 is 40.4 Å². The Bertz CT molecular complexity index is 2250. The number of nitrogens with two attached hydrogens (primary N) is 1. The second-order valence-corrected chi connectivity index (χ2v) is 11.9. The number of carboxylic acids is 3. The van der Waals surface area contributed by atoms with Crippen molar-refractivity contribution in [3.05, 3.63) is 119 Å². The van der Waals surface area contributed by atoms with E-state index in [0.717, 1.165) is 6.07 Å². The van der Waals surface area contributed by atoms with Crippen molar-refractivity contribution < 1.29 is 48.4 Å². The van der Waals surface area contributed by atoms with Crippen LogP contribution in [-0.4, -0.2) is 66.1 Å². The molecule has 0 fully saturated rings. The van der Waals surface area contributed by atoms with Gasteiger partial charge in [-0.15, -0.1) is 0 Å². The van der Waals surface area contributed by atoms with Crippen LogP contribution in [0.2, 0.25) is 0 Å². The number of hydrogen-bond donors (Lipinski definition) is 5. The monoisotopic (exact) mass is 729 g/mol. The van der Waals surface area contributed by atoms with Gasteiger partial charge in [0.1, 0.15) is 22.6 Å². The fraction of sp³-hybridized carbons (Fsp3) is 0.189. The van der Waals surface area contributed by atoms with Crippen LogP contribution in [0.5, 0.6) is 17.2 Å². The van der Waals surface area contributed by atoms with Gasteiger partial charge in [0.2, 0.25) is 0 Å². The molecular weight excluding hydrogens is 693 g/mol. The maximum atomic E-state index is 15.2. The number of methoxy groups -OCH3 is 1. The van der Waals surface area contributed by atoms with Gasteiger partial charge in [0, 0.05) is 54.0 Å². The highest BCUT2D eigenvalue weighted by Gasteiger charge is 2.36. The molecule has 0 aliphatic heterocycles. The molecule has 16 heteroatoms. The molecule has 2 atom stereocenters. The van der Waals surface area contributed by atoms with Crippen molar-refractivity contribution in [2.45, 2.75) is 32.9 Å². The highest BCUT2D eigenvalue weighted by molar-refractivity contribution is 6.05. The number of hydrogen-bond acceptors (Lipinski definition) is 9. The molecule has 6 N–H and O–H groups in total. The minimum atomic E-state index is -1.60. The summed E-state index contributed by atoms with van der Waals surface area (Å²) in [6, 6.07) is 19.4. The Morgan fingerprint density at radius 3 is 2.23 bits per heavy atom. The lowest BCUT2D eigenvalue weighted by Gasteiger charge is -2.28. The van der Waals surface area contributed by atoms with Gasteiger partial charge in [0.15, 0.2) is 11.6 Å². The number of para-hydroxylation sites is 1. The molecule has 0 unspecified atom stereocenters. The topological polar surface area (TPSA) is 225 Å². The van der Waals surface area contributed by atoms with Gasteiger partial charge in [-0.05, 0) is 56.3 Å². The number of nitrogens with zero attached hydrogens (tertiary/aromatic N) is 3.